The summed E-state index contributed by atoms with van der Waals surface area (Å²) >= 11 is 0. The van der Waals surface area contributed by atoms with Crippen LogP contribution < -0.4 is 10.3 Å². The Morgan fingerprint density at radius 3 is 2.80 bits per heavy atom. The van der Waals surface area contributed by atoms with Crippen LogP contribution in [0.4, 0.5) is 0 Å². The van der Waals surface area contributed by atoms with Gasteiger partial charge in [-0.2, -0.15) is 0 Å². The van der Waals surface area contributed by atoms with E-state index in [4.69, 9.17) is 4.74 Å². The van der Waals surface area contributed by atoms with Gasteiger partial charge in [0.1, 0.15) is 5.75 Å². The number of likely N-dealkylation sites (tertiary alicyclic amines) is 1. The zero-order chi connectivity index (χ0) is 17.2. The van der Waals surface area contributed by atoms with Gasteiger partial charge < -0.3 is 14.6 Å². The second-order valence-corrected chi connectivity index (χ2v) is 6.83. The topological polar surface area (TPSA) is 62.4 Å². The summed E-state index contributed by atoms with van der Waals surface area (Å²) in [5.74, 6) is 1.36. The van der Waals surface area contributed by atoms with E-state index in [1.165, 1.54) is 0 Å². The van der Waals surface area contributed by atoms with Crippen molar-refractivity contribution in [1.29, 1.82) is 0 Å². The monoisotopic (exact) mass is 338 g/mol. The second-order valence-electron chi connectivity index (χ2n) is 6.83. The van der Waals surface area contributed by atoms with Crippen molar-refractivity contribution >= 4 is 5.91 Å². The van der Waals surface area contributed by atoms with Gasteiger partial charge in [-0.15, -0.1) is 0 Å². The summed E-state index contributed by atoms with van der Waals surface area (Å²) in [5.41, 5.74) is 2.89. The lowest BCUT2D eigenvalue weighted by Crippen LogP contribution is -2.38. The molecule has 1 N–H and O–H groups in total. The smallest absolute Gasteiger partial charge is 0.253 e. The van der Waals surface area contributed by atoms with E-state index in [-0.39, 0.29) is 11.5 Å². The van der Waals surface area contributed by atoms with Crippen molar-refractivity contribution in [3.63, 3.8) is 0 Å². The fourth-order valence-corrected chi connectivity index (χ4v) is 3.81. The molecule has 1 amide bonds. The number of nitrogens with one attached hydrogen (secondary N) is 1. The van der Waals surface area contributed by atoms with Crippen molar-refractivity contribution in [2.24, 2.45) is 0 Å². The fraction of sp³-hybridized carbons (Fsp3) is 0.400. The number of aromatic amines is 1. The third kappa shape index (κ3) is 3.31. The number of aryl methyl sites for hydroxylation is 1. The van der Waals surface area contributed by atoms with Crippen LogP contribution in [0.1, 0.15) is 46.7 Å². The van der Waals surface area contributed by atoms with Gasteiger partial charge in [-0.05, 0) is 67.0 Å². The molecule has 2 aliphatic heterocycles. The predicted octanol–water partition coefficient (Wildman–Crippen LogP) is 2.72. The van der Waals surface area contributed by atoms with E-state index >= 15 is 0 Å². The Kier molecular flexibility index (Phi) is 4.30. The molecule has 25 heavy (non-hydrogen) atoms. The number of nitrogens with zero attached hydrogens (tertiary/aromatic N) is 1. The van der Waals surface area contributed by atoms with Gasteiger partial charge in [0, 0.05) is 30.9 Å². The Morgan fingerprint density at radius 2 is 2.00 bits per heavy atom. The highest BCUT2D eigenvalue weighted by molar-refractivity contribution is 5.94. The molecular weight excluding hydrogens is 316 g/mol. The number of hydrogen-bond acceptors (Lipinski definition) is 3. The van der Waals surface area contributed by atoms with Gasteiger partial charge in [0.15, 0.2) is 0 Å². The largest absolute Gasteiger partial charge is 0.493 e. The van der Waals surface area contributed by atoms with Gasteiger partial charge in [-0.1, -0.05) is 0 Å². The Balaban J connectivity index is 1.43. The normalized spacial score (nSPS) is 17.7. The number of hydrogen-bond donors (Lipinski definition) is 1. The van der Waals surface area contributed by atoms with Gasteiger partial charge in [-0.3, -0.25) is 9.59 Å². The molecule has 0 aliphatic carbocycles. The molecule has 2 aliphatic rings. The molecule has 4 rings (SSSR count). The maximum Gasteiger partial charge on any atom is 0.253 e. The van der Waals surface area contributed by atoms with Crippen molar-refractivity contribution in [2.75, 3.05) is 19.7 Å². The maximum absolute atomic E-state index is 12.8. The molecule has 5 heteroatoms. The Bertz CT molecular complexity index is 835. The first-order valence-corrected chi connectivity index (χ1v) is 8.94. The number of H-pyrrole nitrogens is 1. The lowest BCUT2D eigenvalue weighted by molar-refractivity contribution is 0.0712. The van der Waals surface area contributed by atoms with E-state index in [9.17, 15) is 9.59 Å². The number of piperidine rings is 1. The van der Waals surface area contributed by atoms with Gasteiger partial charge in [0.25, 0.3) is 5.91 Å². The van der Waals surface area contributed by atoms with Crippen LogP contribution in [0.3, 0.4) is 0 Å². The predicted molar refractivity (Wildman–Crippen MR) is 95.2 cm³/mol. The molecule has 1 aromatic carbocycles. The third-order valence-electron chi connectivity index (χ3n) is 5.21. The Morgan fingerprint density at radius 1 is 1.16 bits per heavy atom. The van der Waals surface area contributed by atoms with Crippen molar-refractivity contribution in [3.05, 3.63) is 63.6 Å². The van der Waals surface area contributed by atoms with Crippen molar-refractivity contribution in [3.8, 4) is 5.75 Å². The molecule has 0 saturated carbocycles. The Hall–Kier alpha value is -2.56. The summed E-state index contributed by atoms with van der Waals surface area (Å²) in [4.78, 5) is 28.9. The maximum atomic E-state index is 12.8. The molecule has 0 atom stereocenters. The number of aromatic nitrogens is 1. The minimum absolute atomic E-state index is 0.0627. The van der Waals surface area contributed by atoms with Crippen molar-refractivity contribution in [1.82, 2.24) is 9.88 Å². The number of amides is 1. The first-order valence-electron chi connectivity index (χ1n) is 8.94. The molecule has 2 aromatic rings. The van der Waals surface area contributed by atoms with Crippen LogP contribution in [-0.4, -0.2) is 35.5 Å². The molecule has 1 saturated heterocycles. The molecule has 1 aromatic heterocycles. The van der Waals surface area contributed by atoms with E-state index in [2.05, 4.69) is 4.98 Å². The molecule has 0 unspecified atom stereocenters. The van der Waals surface area contributed by atoms with Crippen LogP contribution in [0.2, 0.25) is 0 Å². The number of carbonyl (C=O) groups is 1. The van der Waals surface area contributed by atoms with Gasteiger partial charge in [0.2, 0.25) is 5.56 Å². The van der Waals surface area contributed by atoms with Crippen LogP contribution in [0.5, 0.6) is 5.75 Å². The number of benzene rings is 1. The molecule has 0 spiro atoms. The number of carbonyl (C=O) groups excluding carboxylic acids is 1. The first-order chi connectivity index (χ1) is 12.2. The van der Waals surface area contributed by atoms with Crippen molar-refractivity contribution < 1.29 is 9.53 Å². The number of pyridine rings is 1. The van der Waals surface area contributed by atoms with E-state index in [0.717, 1.165) is 67.8 Å². The van der Waals surface area contributed by atoms with Crippen LogP contribution in [0.15, 0.2) is 41.3 Å². The van der Waals surface area contributed by atoms with E-state index in [1.807, 2.05) is 29.2 Å². The second kappa shape index (κ2) is 6.75. The summed E-state index contributed by atoms with van der Waals surface area (Å²) in [6.45, 7) is 2.21. The van der Waals surface area contributed by atoms with Gasteiger partial charge in [0.05, 0.1) is 6.61 Å². The summed E-state index contributed by atoms with van der Waals surface area (Å²) in [7, 11) is 0. The standard InChI is InChI=1S/C20H22N2O3/c23-19-13-15(5-8-21-19)14-6-9-22(10-7-14)20(24)17-3-4-18-16(12-17)2-1-11-25-18/h3-5,8,12-14H,1-2,6-7,9-11H2,(H,21,23). The summed E-state index contributed by atoms with van der Waals surface area (Å²) in [6, 6.07) is 9.42. The van der Waals surface area contributed by atoms with E-state index in [1.54, 1.807) is 12.3 Å². The first kappa shape index (κ1) is 15.9. The van der Waals surface area contributed by atoms with Crippen LogP contribution in [0, 0.1) is 0 Å². The minimum atomic E-state index is -0.0627. The summed E-state index contributed by atoms with van der Waals surface area (Å²) < 4.78 is 5.62. The number of rotatable bonds is 2. The van der Waals surface area contributed by atoms with Crippen LogP contribution in [-0.2, 0) is 6.42 Å². The Labute approximate surface area is 146 Å². The summed E-state index contributed by atoms with van der Waals surface area (Å²) in [5, 5.41) is 0. The molecule has 130 valence electrons. The average molecular weight is 338 g/mol. The molecule has 0 radical (unpaired) electrons. The lowest BCUT2D eigenvalue weighted by Gasteiger charge is -2.32. The quantitative estimate of drug-likeness (QED) is 0.916. The highest BCUT2D eigenvalue weighted by atomic mass is 16.5. The van der Waals surface area contributed by atoms with E-state index in [0.29, 0.717) is 5.92 Å². The fourth-order valence-electron chi connectivity index (χ4n) is 3.81. The highest BCUT2D eigenvalue weighted by Crippen LogP contribution is 2.29. The van der Waals surface area contributed by atoms with Crippen molar-refractivity contribution in [2.45, 2.75) is 31.6 Å². The lowest BCUT2D eigenvalue weighted by atomic mass is 9.90. The average Bonchev–Trinajstić information content (AvgIpc) is 2.67. The highest BCUT2D eigenvalue weighted by Gasteiger charge is 2.25. The molecular formula is C20H22N2O3. The summed E-state index contributed by atoms with van der Waals surface area (Å²) in [6.07, 6.45) is 5.46. The molecule has 0 bridgehead atoms. The number of fused-ring (bicyclic) bond motifs is 1. The van der Waals surface area contributed by atoms with Gasteiger partial charge in [-0.25, -0.2) is 0 Å². The van der Waals surface area contributed by atoms with E-state index < -0.39 is 0 Å². The molecule has 3 heterocycles. The third-order valence-corrected chi connectivity index (χ3v) is 5.21. The van der Waals surface area contributed by atoms with Crippen LogP contribution >= 0.6 is 0 Å². The number of ether oxygens (including phenoxy) is 1. The SMILES string of the molecule is O=C(c1ccc2c(c1)CCCO2)N1CCC(c2cc[nH]c(=O)c2)CC1. The zero-order valence-corrected chi connectivity index (χ0v) is 14.2. The van der Waals surface area contributed by atoms with Crippen LogP contribution in [0.25, 0.3) is 0 Å². The molecule has 5 nitrogen and oxygen atoms in total. The zero-order valence-electron chi connectivity index (χ0n) is 14.2. The van der Waals surface area contributed by atoms with Gasteiger partial charge >= 0.3 is 0 Å². The minimum Gasteiger partial charge on any atom is -0.493 e. The molecule has 1 fully saturated rings.